The molecule has 2 heterocycles. The highest BCUT2D eigenvalue weighted by Crippen LogP contribution is 2.32. The van der Waals surface area contributed by atoms with Crippen molar-refractivity contribution in [1.82, 2.24) is 14.9 Å². The lowest BCUT2D eigenvalue weighted by Gasteiger charge is -2.22. The third-order valence-electron chi connectivity index (χ3n) is 3.84. The van der Waals surface area contributed by atoms with E-state index in [-0.39, 0.29) is 22.9 Å². The van der Waals surface area contributed by atoms with Gasteiger partial charge in [-0.25, -0.2) is 0 Å². The van der Waals surface area contributed by atoms with Crippen molar-refractivity contribution in [3.05, 3.63) is 53.1 Å². The Morgan fingerprint density at radius 2 is 2.04 bits per heavy atom. The molecule has 7 heteroatoms. The van der Waals surface area contributed by atoms with Gasteiger partial charge in [0.1, 0.15) is 11.4 Å². The quantitative estimate of drug-likeness (QED) is 0.549. The molecule has 2 rings (SSSR count). The average molecular weight is 392 g/mol. The van der Waals surface area contributed by atoms with Crippen LogP contribution in [-0.4, -0.2) is 38.8 Å². The molecule has 0 fully saturated rings. The monoisotopic (exact) mass is 391 g/mol. The molecule has 0 saturated heterocycles. The van der Waals surface area contributed by atoms with Gasteiger partial charge in [-0.3, -0.25) is 14.6 Å². The summed E-state index contributed by atoms with van der Waals surface area (Å²) in [6, 6.07) is 5.38. The minimum absolute atomic E-state index is 0.0455. The van der Waals surface area contributed by atoms with Crippen molar-refractivity contribution >= 4 is 33.3 Å². The van der Waals surface area contributed by atoms with Gasteiger partial charge in [0, 0.05) is 37.2 Å². The van der Waals surface area contributed by atoms with Crippen LogP contribution in [0.2, 0.25) is 0 Å². The number of aryl methyl sites for hydroxylation is 2. The second kappa shape index (κ2) is 8.77. The van der Waals surface area contributed by atoms with Crippen LogP contribution in [0.3, 0.4) is 0 Å². The van der Waals surface area contributed by atoms with Gasteiger partial charge in [0.2, 0.25) is 0 Å². The smallest absolute Gasteiger partial charge is 0.267 e. The van der Waals surface area contributed by atoms with Gasteiger partial charge in [-0.2, -0.15) is 0 Å². The summed E-state index contributed by atoms with van der Waals surface area (Å²) in [5.74, 6) is -0.186. The molecule has 0 aliphatic carbocycles. The normalized spacial score (nSPS) is 11.4. The highest BCUT2D eigenvalue weighted by atomic mass is 33.1. The molecule has 0 atom stereocenters. The number of hydrogen-bond donors (Lipinski definition) is 1. The summed E-state index contributed by atoms with van der Waals surface area (Å²) in [4.78, 5) is 29.0. The maximum absolute atomic E-state index is 12.5. The van der Waals surface area contributed by atoms with E-state index in [4.69, 9.17) is 0 Å². The summed E-state index contributed by atoms with van der Waals surface area (Å²) in [6.07, 6.45) is 5.76. The summed E-state index contributed by atoms with van der Waals surface area (Å²) >= 11 is 0. The first-order valence-corrected chi connectivity index (χ1v) is 10.9. The van der Waals surface area contributed by atoms with E-state index in [0.717, 1.165) is 11.1 Å². The lowest BCUT2D eigenvalue weighted by atomic mass is 10.1. The summed E-state index contributed by atoms with van der Waals surface area (Å²) in [6.45, 7) is 6.70. The largest absolute Gasteiger partial charge is 0.349 e. The van der Waals surface area contributed by atoms with E-state index in [0.29, 0.717) is 17.9 Å². The van der Waals surface area contributed by atoms with Crippen molar-refractivity contribution in [1.29, 1.82) is 0 Å². The fraction of sp³-hybridized carbons (Fsp3) is 0.421. The molecule has 0 aromatic carbocycles. The van der Waals surface area contributed by atoms with Crippen molar-refractivity contribution < 1.29 is 9.59 Å². The van der Waals surface area contributed by atoms with Crippen molar-refractivity contribution in [2.45, 2.75) is 31.9 Å². The van der Waals surface area contributed by atoms with Crippen molar-refractivity contribution in [2.75, 3.05) is 12.8 Å². The molecule has 2 aromatic rings. The molecular formula is C19H25N3O2S2. The molecule has 1 amide bonds. The van der Waals surface area contributed by atoms with Gasteiger partial charge in [0.25, 0.3) is 5.91 Å². The molecule has 140 valence electrons. The Morgan fingerprint density at radius 3 is 2.65 bits per heavy atom. The molecule has 2 aromatic heterocycles. The maximum Gasteiger partial charge on any atom is 0.267 e. The first-order valence-electron chi connectivity index (χ1n) is 8.33. The van der Waals surface area contributed by atoms with Crippen LogP contribution >= 0.6 is 21.6 Å². The number of Topliss-reactive ketones (excluding diaryl/α,β-unsaturated/α-hetero) is 1. The Hall–Kier alpha value is -1.73. The van der Waals surface area contributed by atoms with Gasteiger partial charge in [0.05, 0.1) is 0 Å². The van der Waals surface area contributed by atoms with E-state index in [1.54, 1.807) is 44.5 Å². The van der Waals surface area contributed by atoms with E-state index in [1.165, 1.54) is 0 Å². The Balaban J connectivity index is 2.02. The molecule has 0 spiro atoms. The Labute approximate surface area is 162 Å². The summed E-state index contributed by atoms with van der Waals surface area (Å²) in [7, 11) is 5.23. The summed E-state index contributed by atoms with van der Waals surface area (Å²) in [5.41, 5.74) is 2.82. The van der Waals surface area contributed by atoms with Gasteiger partial charge in [-0.05, 0) is 50.3 Å². The van der Waals surface area contributed by atoms with Crippen LogP contribution < -0.4 is 5.32 Å². The zero-order chi connectivity index (χ0) is 19.3. The molecule has 26 heavy (non-hydrogen) atoms. The minimum atomic E-state index is -0.130. The first kappa shape index (κ1) is 20.6. The number of ketones is 1. The molecule has 0 aliphatic heterocycles. The Morgan fingerprint density at radius 1 is 1.31 bits per heavy atom. The number of amides is 1. The van der Waals surface area contributed by atoms with E-state index in [2.05, 4.69) is 24.1 Å². The maximum atomic E-state index is 12.5. The number of pyridine rings is 1. The highest BCUT2D eigenvalue weighted by molar-refractivity contribution is 8.76. The molecule has 0 aliphatic rings. The van der Waals surface area contributed by atoms with Gasteiger partial charge < -0.3 is 9.88 Å². The zero-order valence-corrected chi connectivity index (χ0v) is 17.5. The molecule has 0 saturated carbocycles. The average Bonchev–Trinajstić information content (AvgIpc) is 2.93. The molecule has 0 unspecified atom stereocenters. The summed E-state index contributed by atoms with van der Waals surface area (Å²) < 4.78 is 1.71. The van der Waals surface area contributed by atoms with Gasteiger partial charge in [0.15, 0.2) is 5.78 Å². The van der Waals surface area contributed by atoms with Crippen LogP contribution in [-0.2, 0) is 13.5 Å². The SMILES string of the molecule is CSSC(C)(C)CNC(=O)c1cc(CC(=O)c2ccc(C)cn2)cn1C. The molecule has 5 nitrogen and oxygen atoms in total. The number of nitrogens with one attached hydrogen (secondary N) is 1. The van der Waals surface area contributed by atoms with E-state index < -0.39 is 0 Å². The van der Waals surface area contributed by atoms with Crippen molar-refractivity contribution in [3.8, 4) is 0 Å². The van der Waals surface area contributed by atoms with E-state index >= 15 is 0 Å². The standard InChI is InChI=1S/C19H25N3O2S2/c1-13-6-7-15(20-10-13)17(23)9-14-8-16(22(4)11-14)18(24)21-12-19(2,3)26-25-5/h6-8,10-11H,9,12H2,1-5H3,(H,21,24). The van der Waals surface area contributed by atoms with Crippen LogP contribution in [0, 0.1) is 6.92 Å². The van der Waals surface area contributed by atoms with Gasteiger partial charge >= 0.3 is 0 Å². The highest BCUT2D eigenvalue weighted by Gasteiger charge is 2.21. The van der Waals surface area contributed by atoms with Gasteiger partial charge in [-0.1, -0.05) is 27.7 Å². The lowest BCUT2D eigenvalue weighted by molar-refractivity contribution is 0.0941. The van der Waals surface area contributed by atoms with Crippen LogP contribution in [0.25, 0.3) is 0 Å². The third kappa shape index (κ3) is 5.64. The van der Waals surface area contributed by atoms with Crippen molar-refractivity contribution in [3.63, 3.8) is 0 Å². The fourth-order valence-electron chi connectivity index (χ4n) is 2.50. The van der Waals surface area contributed by atoms with Crippen LogP contribution in [0.15, 0.2) is 30.6 Å². The predicted octanol–water partition coefficient (Wildman–Crippen LogP) is 3.67. The minimum Gasteiger partial charge on any atom is -0.349 e. The van der Waals surface area contributed by atoms with Crippen molar-refractivity contribution in [2.24, 2.45) is 7.05 Å². The predicted molar refractivity (Wildman–Crippen MR) is 110 cm³/mol. The fourth-order valence-corrected chi connectivity index (χ4v) is 4.62. The number of hydrogen-bond acceptors (Lipinski definition) is 5. The molecule has 0 bridgehead atoms. The second-order valence-electron chi connectivity index (χ2n) is 6.86. The van der Waals surface area contributed by atoms with Crippen LogP contribution in [0.4, 0.5) is 0 Å². The summed E-state index contributed by atoms with van der Waals surface area (Å²) in [5, 5.41) is 2.98. The number of rotatable bonds is 8. The van der Waals surface area contributed by atoms with E-state index in [9.17, 15) is 9.59 Å². The van der Waals surface area contributed by atoms with E-state index in [1.807, 2.05) is 32.5 Å². The topological polar surface area (TPSA) is 64.0 Å². The Bertz CT molecular complexity index is 783. The molecule has 1 N–H and O–H groups in total. The lowest BCUT2D eigenvalue weighted by Crippen LogP contribution is -2.36. The zero-order valence-electron chi connectivity index (χ0n) is 15.8. The number of aromatic nitrogens is 2. The molecular weight excluding hydrogens is 366 g/mol. The number of nitrogens with zero attached hydrogens (tertiary/aromatic N) is 2. The van der Waals surface area contributed by atoms with Gasteiger partial charge in [-0.15, -0.1) is 0 Å². The molecule has 0 radical (unpaired) electrons. The van der Waals surface area contributed by atoms with Crippen LogP contribution in [0.1, 0.15) is 46.0 Å². The third-order valence-corrected chi connectivity index (χ3v) is 6.46. The second-order valence-corrected chi connectivity index (χ2v) is 9.96. The number of carbonyl (C=O) groups is 2. The first-order chi connectivity index (χ1) is 12.2. The van der Waals surface area contributed by atoms with Crippen LogP contribution in [0.5, 0.6) is 0 Å². The Kier molecular flexibility index (Phi) is 6.94. The number of carbonyl (C=O) groups excluding carboxylic acids is 2.